The molecule has 0 fully saturated rings. The Kier molecular flexibility index (Phi) is 4.03. The molecule has 2 atom stereocenters. The number of aliphatic hydroxyl groups is 1. The van der Waals surface area contributed by atoms with Gasteiger partial charge in [-0.15, -0.1) is 14.8 Å². The highest BCUT2D eigenvalue weighted by molar-refractivity contribution is 7.99. The van der Waals surface area contributed by atoms with Crippen LogP contribution in [0.25, 0.3) is 5.65 Å². The molecule has 0 amide bonds. The molecule has 0 aliphatic rings. The van der Waals surface area contributed by atoms with Crippen LogP contribution in [0, 0.1) is 6.92 Å². The summed E-state index contributed by atoms with van der Waals surface area (Å²) < 4.78 is 1.51. The molecule has 0 aliphatic carbocycles. The van der Waals surface area contributed by atoms with Crippen molar-refractivity contribution in [2.45, 2.75) is 25.1 Å². The normalized spacial score (nSPS) is 14.7. The summed E-state index contributed by atoms with van der Waals surface area (Å²) in [6.45, 7) is 4.00. The van der Waals surface area contributed by atoms with Crippen LogP contribution in [-0.2, 0) is 0 Å². The van der Waals surface area contributed by atoms with Crippen LogP contribution in [-0.4, -0.2) is 49.1 Å². The molecule has 7 heteroatoms. The second kappa shape index (κ2) is 5.53. The average molecular weight is 267 g/mol. The lowest BCUT2D eigenvalue weighted by atomic mass is 10.2. The minimum atomic E-state index is 0.125. The molecular formula is C11H17N5OS. The van der Waals surface area contributed by atoms with Crippen LogP contribution in [0.15, 0.2) is 12.1 Å². The Balaban J connectivity index is 2.16. The fraction of sp³-hybridized carbons (Fsp3) is 0.545. The fourth-order valence-electron chi connectivity index (χ4n) is 1.73. The SMILES string of the molecule is CS[C@@H](CO)[C@H](C)Nc1ccc2nc(C)nn2n1. The summed E-state index contributed by atoms with van der Waals surface area (Å²) in [5.74, 6) is 1.43. The maximum absolute atomic E-state index is 9.24. The number of anilines is 1. The second-order valence-electron chi connectivity index (χ2n) is 4.11. The number of hydrogen-bond acceptors (Lipinski definition) is 6. The number of aryl methyl sites for hydroxylation is 1. The Bertz CT molecular complexity index is 525. The lowest BCUT2D eigenvalue weighted by Crippen LogP contribution is -2.31. The third kappa shape index (κ3) is 2.73. The first kappa shape index (κ1) is 13.1. The zero-order valence-electron chi connectivity index (χ0n) is 10.7. The summed E-state index contributed by atoms with van der Waals surface area (Å²) in [5, 5.41) is 21.1. The molecule has 18 heavy (non-hydrogen) atoms. The Hall–Kier alpha value is -1.34. The zero-order valence-corrected chi connectivity index (χ0v) is 11.5. The summed E-state index contributed by atoms with van der Waals surface area (Å²) in [7, 11) is 0. The van der Waals surface area contributed by atoms with E-state index in [-0.39, 0.29) is 17.9 Å². The quantitative estimate of drug-likeness (QED) is 0.840. The molecule has 0 unspecified atom stereocenters. The lowest BCUT2D eigenvalue weighted by Gasteiger charge is -2.21. The molecule has 0 spiro atoms. The summed E-state index contributed by atoms with van der Waals surface area (Å²) in [6.07, 6.45) is 1.98. The molecule has 2 rings (SSSR count). The monoisotopic (exact) mass is 267 g/mol. The minimum Gasteiger partial charge on any atom is -0.395 e. The van der Waals surface area contributed by atoms with Gasteiger partial charge in [0.25, 0.3) is 0 Å². The molecule has 2 aromatic rings. The van der Waals surface area contributed by atoms with Gasteiger partial charge in [-0.3, -0.25) is 0 Å². The van der Waals surface area contributed by atoms with Crippen LogP contribution in [0.1, 0.15) is 12.7 Å². The van der Waals surface area contributed by atoms with E-state index in [9.17, 15) is 5.11 Å². The molecule has 2 aromatic heterocycles. The number of nitrogens with one attached hydrogen (secondary N) is 1. The smallest absolute Gasteiger partial charge is 0.176 e. The number of aromatic nitrogens is 4. The van der Waals surface area contributed by atoms with E-state index in [0.29, 0.717) is 5.82 Å². The molecular weight excluding hydrogens is 250 g/mol. The van der Waals surface area contributed by atoms with E-state index in [2.05, 4.69) is 20.5 Å². The molecule has 2 N–H and O–H groups in total. The topological polar surface area (TPSA) is 75.3 Å². The van der Waals surface area contributed by atoms with Gasteiger partial charge in [0.05, 0.1) is 6.61 Å². The maximum atomic E-state index is 9.24. The molecule has 0 radical (unpaired) electrons. The highest BCUT2D eigenvalue weighted by atomic mass is 32.2. The summed E-state index contributed by atoms with van der Waals surface area (Å²) >= 11 is 1.63. The van der Waals surface area contributed by atoms with Crippen molar-refractivity contribution < 1.29 is 5.11 Å². The Labute approximate surface area is 110 Å². The van der Waals surface area contributed by atoms with Gasteiger partial charge in [0.15, 0.2) is 5.65 Å². The van der Waals surface area contributed by atoms with Crippen LogP contribution < -0.4 is 5.32 Å². The van der Waals surface area contributed by atoms with Crippen LogP contribution in [0.4, 0.5) is 5.82 Å². The standard InChI is InChI=1S/C11H17N5OS/c1-7(9(6-17)18-3)12-10-4-5-11-13-8(2)14-16(11)15-10/h4-5,7,9,17H,6H2,1-3H3,(H,12,15)/t7-,9-/m0/s1. The number of rotatable bonds is 5. The maximum Gasteiger partial charge on any atom is 0.176 e. The Morgan fingerprint density at radius 3 is 2.89 bits per heavy atom. The Morgan fingerprint density at radius 2 is 2.22 bits per heavy atom. The van der Waals surface area contributed by atoms with Crippen LogP contribution in [0.2, 0.25) is 0 Å². The third-order valence-corrected chi connectivity index (χ3v) is 3.89. The van der Waals surface area contributed by atoms with Gasteiger partial charge in [0.1, 0.15) is 11.6 Å². The van der Waals surface area contributed by atoms with E-state index in [1.807, 2.05) is 32.2 Å². The lowest BCUT2D eigenvalue weighted by molar-refractivity contribution is 0.288. The van der Waals surface area contributed by atoms with Crippen LogP contribution in [0.3, 0.4) is 0 Å². The van der Waals surface area contributed by atoms with Crippen molar-refractivity contribution in [3.05, 3.63) is 18.0 Å². The second-order valence-corrected chi connectivity index (χ2v) is 5.19. The van der Waals surface area contributed by atoms with Gasteiger partial charge < -0.3 is 10.4 Å². The van der Waals surface area contributed by atoms with Crippen molar-refractivity contribution in [2.75, 3.05) is 18.2 Å². The highest BCUT2D eigenvalue weighted by Crippen LogP contribution is 2.15. The number of aliphatic hydroxyl groups excluding tert-OH is 1. The van der Waals surface area contributed by atoms with Gasteiger partial charge in [0.2, 0.25) is 0 Å². The fourth-order valence-corrected chi connectivity index (χ4v) is 2.35. The van der Waals surface area contributed by atoms with Gasteiger partial charge in [0, 0.05) is 11.3 Å². The number of fused-ring (bicyclic) bond motifs is 1. The molecule has 98 valence electrons. The van der Waals surface area contributed by atoms with Gasteiger partial charge in [-0.2, -0.15) is 11.8 Å². The van der Waals surface area contributed by atoms with Crippen molar-refractivity contribution in [2.24, 2.45) is 0 Å². The van der Waals surface area contributed by atoms with Crippen molar-refractivity contribution in [3.63, 3.8) is 0 Å². The molecule has 0 saturated heterocycles. The van der Waals surface area contributed by atoms with Crippen molar-refractivity contribution in [1.82, 2.24) is 19.8 Å². The van der Waals surface area contributed by atoms with Crippen molar-refractivity contribution >= 4 is 23.2 Å². The molecule has 0 aliphatic heterocycles. The Morgan fingerprint density at radius 1 is 1.44 bits per heavy atom. The van der Waals surface area contributed by atoms with E-state index >= 15 is 0 Å². The largest absolute Gasteiger partial charge is 0.395 e. The van der Waals surface area contributed by atoms with Crippen molar-refractivity contribution in [3.8, 4) is 0 Å². The van der Waals surface area contributed by atoms with E-state index in [1.165, 1.54) is 4.63 Å². The molecule has 0 saturated carbocycles. The number of thioether (sulfide) groups is 1. The first-order chi connectivity index (χ1) is 8.63. The predicted molar refractivity (Wildman–Crippen MR) is 73.0 cm³/mol. The molecule has 2 heterocycles. The minimum absolute atomic E-state index is 0.125. The van der Waals surface area contributed by atoms with Crippen molar-refractivity contribution in [1.29, 1.82) is 0 Å². The van der Waals surface area contributed by atoms with Crippen LogP contribution >= 0.6 is 11.8 Å². The van der Waals surface area contributed by atoms with E-state index in [0.717, 1.165) is 11.5 Å². The first-order valence-corrected chi connectivity index (χ1v) is 7.03. The summed E-state index contributed by atoms with van der Waals surface area (Å²) in [6, 6.07) is 3.86. The summed E-state index contributed by atoms with van der Waals surface area (Å²) in [5.41, 5.74) is 0.731. The third-order valence-electron chi connectivity index (χ3n) is 2.73. The number of nitrogens with zero attached hydrogens (tertiary/aromatic N) is 4. The van der Waals surface area contributed by atoms with Gasteiger partial charge in [-0.1, -0.05) is 0 Å². The average Bonchev–Trinajstić information content (AvgIpc) is 2.70. The van der Waals surface area contributed by atoms with E-state index < -0.39 is 0 Å². The van der Waals surface area contributed by atoms with Gasteiger partial charge >= 0.3 is 0 Å². The van der Waals surface area contributed by atoms with Gasteiger partial charge in [-0.05, 0) is 32.2 Å². The van der Waals surface area contributed by atoms with Gasteiger partial charge in [-0.25, -0.2) is 4.98 Å². The zero-order chi connectivity index (χ0) is 13.1. The highest BCUT2D eigenvalue weighted by Gasteiger charge is 2.15. The molecule has 0 bridgehead atoms. The van der Waals surface area contributed by atoms with E-state index in [4.69, 9.17) is 0 Å². The molecule has 0 aromatic carbocycles. The van der Waals surface area contributed by atoms with E-state index in [1.54, 1.807) is 11.8 Å². The predicted octanol–water partition coefficient (Wildman–Crippen LogP) is 0.957. The number of hydrogen-bond donors (Lipinski definition) is 2. The molecule has 6 nitrogen and oxygen atoms in total. The first-order valence-electron chi connectivity index (χ1n) is 5.75. The summed E-state index contributed by atoms with van der Waals surface area (Å²) in [4.78, 5) is 4.22. The van der Waals surface area contributed by atoms with Crippen LogP contribution in [0.5, 0.6) is 0 Å².